The van der Waals surface area contributed by atoms with Gasteiger partial charge in [-0.25, -0.2) is 9.31 Å². The molecule has 3 N–H and O–H groups in total. The van der Waals surface area contributed by atoms with E-state index in [9.17, 15) is 9.90 Å². The number of aliphatic hydroxyl groups excluding tert-OH is 1. The second kappa shape index (κ2) is 6.64. The molecular formula is C15H14ClN5O2. The van der Waals surface area contributed by atoms with Gasteiger partial charge in [0.1, 0.15) is 0 Å². The van der Waals surface area contributed by atoms with Gasteiger partial charge in [-0.1, -0.05) is 41.9 Å². The molecular weight excluding hydrogens is 318 g/mol. The Labute approximate surface area is 136 Å². The largest absolute Gasteiger partial charge is 0.394 e. The Morgan fingerprint density at radius 1 is 1.26 bits per heavy atom. The Hall–Kier alpha value is -2.64. The maximum atomic E-state index is 12.1. The van der Waals surface area contributed by atoms with Crippen LogP contribution < -0.4 is 10.6 Å². The number of urea groups is 1. The van der Waals surface area contributed by atoms with Crippen LogP contribution in [0, 0.1) is 0 Å². The summed E-state index contributed by atoms with van der Waals surface area (Å²) in [5.41, 5.74) is 1.37. The average Bonchev–Trinajstić information content (AvgIpc) is 2.94. The fourth-order valence-corrected chi connectivity index (χ4v) is 2.28. The first kappa shape index (κ1) is 15.3. The number of aliphatic hydroxyl groups is 1. The van der Waals surface area contributed by atoms with Crippen molar-refractivity contribution in [3.8, 4) is 0 Å². The van der Waals surface area contributed by atoms with Crippen molar-refractivity contribution in [3.05, 3.63) is 59.2 Å². The number of nitrogens with zero attached hydrogens (tertiary/aromatic N) is 3. The van der Waals surface area contributed by atoms with Crippen molar-refractivity contribution in [2.24, 2.45) is 0 Å². The predicted octanol–water partition coefficient (Wildman–Crippen LogP) is 2.24. The molecule has 7 nitrogen and oxygen atoms in total. The standard InChI is InChI=1S/C15H14ClN5O2/c16-11-6-7-13-18-14(20-21(13)8-11)19-15(23)17-12(9-22)10-4-2-1-3-5-10/h1-8,12,22H,9H2,(H2,17,19,20,23)/t12-/m1/s1. The first-order valence-corrected chi connectivity index (χ1v) is 7.29. The molecule has 8 heteroatoms. The van der Waals surface area contributed by atoms with E-state index in [1.165, 1.54) is 4.52 Å². The SMILES string of the molecule is O=C(Nc1nc2ccc(Cl)cn2n1)N[C@H](CO)c1ccccc1. The number of benzene rings is 1. The molecule has 0 spiro atoms. The van der Waals surface area contributed by atoms with Gasteiger partial charge in [0.15, 0.2) is 5.65 Å². The van der Waals surface area contributed by atoms with E-state index >= 15 is 0 Å². The third kappa shape index (κ3) is 3.58. The summed E-state index contributed by atoms with van der Waals surface area (Å²) in [6.45, 7) is -0.217. The first-order valence-electron chi connectivity index (χ1n) is 6.91. The van der Waals surface area contributed by atoms with Crippen LogP contribution >= 0.6 is 11.6 Å². The summed E-state index contributed by atoms with van der Waals surface area (Å²) < 4.78 is 1.47. The number of pyridine rings is 1. The second-order valence-corrected chi connectivity index (χ2v) is 5.27. The smallest absolute Gasteiger partial charge is 0.322 e. The lowest BCUT2D eigenvalue weighted by atomic mass is 10.1. The highest BCUT2D eigenvalue weighted by Gasteiger charge is 2.15. The fraction of sp³-hybridized carbons (Fsp3) is 0.133. The van der Waals surface area contributed by atoms with Gasteiger partial charge in [0.05, 0.1) is 17.7 Å². The second-order valence-electron chi connectivity index (χ2n) is 4.83. The van der Waals surface area contributed by atoms with Crippen LogP contribution in [-0.2, 0) is 0 Å². The third-order valence-electron chi connectivity index (χ3n) is 3.21. The normalized spacial score (nSPS) is 12.1. The highest BCUT2D eigenvalue weighted by molar-refractivity contribution is 6.30. The predicted molar refractivity (Wildman–Crippen MR) is 86.4 cm³/mol. The molecule has 0 saturated heterocycles. The molecule has 0 aliphatic carbocycles. The van der Waals surface area contributed by atoms with Crippen molar-refractivity contribution in [2.45, 2.75) is 6.04 Å². The molecule has 118 valence electrons. The number of amides is 2. The van der Waals surface area contributed by atoms with Crippen LogP contribution in [0.4, 0.5) is 10.7 Å². The van der Waals surface area contributed by atoms with Crippen LogP contribution in [0.15, 0.2) is 48.7 Å². The number of aromatic nitrogens is 3. The molecule has 0 fully saturated rings. The summed E-state index contributed by atoms with van der Waals surface area (Å²) in [4.78, 5) is 16.2. The van der Waals surface area contributed by atoms with Crippen LogP contribution in [-0.4, -0.2) is 32.3 Å². The number of rotatable bonds is 4. The summed E-state index contributed by atoms with van der Waals surface area (Å²) in [7, 11) is 0. The number of fused-ring (bicyclic) bond motifs is 1. The monoisotopic (exact) mass is 331 g/mol. The fourth-order valence-electron chi connectivity index (χ4n) is 2.13. The van der Waals surface area contributed by atoms with Crippen molar-refractivity contribution in [1.82, 2.24) is 19.9 Å². The van der Waals surface area contributed by atoms with Gasteiger partial charge in [-0.3, -0.25) is 5.32 Å². The van der Waals surface area contributed by atoms with Gasteiger partial charge in [0.25, 0.3) is 5.95 Å². The van der Waals surface area contributed by atoms with E-state index in [0.717, 1.165) is 5.56 Å². The van der Waals surface area contributed by atoms with Gasteiger partial charge in [0.2, 0.25) is 0 Å². The molecule has 2 aromatic heterocycles. The summed E-state index contributed by atoms with van der Waals surface area (Å²) in [5, 5.41) is 19.3. The number of nitrogens with one attached hydrogen (secondary N) is 2. The molecule has 0 bridgehead atoms. The zero-order chi connectivity index (χ0) is 16.2. The van der Waals surface area contributed by atoms with E-state index in [1.807, 2.05) is 30.3 Å². The Balaban J connectivity index is 1.70. The zero-order valence-corrected chi connectivity index (χ0v) is 12.7. The molecule has 1 atom stereocenters. The molecule has 3 rings (SSSR count). The highest BCUT2D eigenvalue weighted by atomic mass is 35.5. The van der Waals surface area contributed by atoms with E-state index in [-0.39, 0.29) is 12.6 Å². The Bertz CT molecular complexity index is 821. The average molecular weight is 332 g/mol. The Morgan fingerprint density at radius 3 is 2.78 bits per heavy atom. The molecule has 0 aliphatic rings. The van der Waals surface area contributed by atoms with E-state index in [1.54, 1.807) is 18.3 Å². The van der Waals surface area contributed by atoms with Crippen LogP contribution in [0.3, 0.4) is 0 Å². The summed E-state index contributed by atoms with van der Waals surface area (Å²) in [6, 6.07) is 11.6. The van der Waals surface area contributed by atoms with Gasteiger partial charge >= 0.3 is 6.03 Å². The van der Waals surface area contributed by atoms with Crippen LogP contribution in [0.2, 0.25) is 5.02 Å². The molecule has 23 heavy (non-hydrogen) atoms. The van der Waals surface area contributed by atoms with Crippen LogP contribution in [0.25, 0.3) is 5.65 Å². The molecule has 0 saturated carbocycles. The van der Waals surface area contributed by atoms with Crippen molar-refractivity contribution >= 4 is 29.2 Å². The van der Waals surface area contributed by atoms with E-state index in [0.29, 0.717) is 10.7 Å². The van der Waals surface area contributed by atoms with Gasteiger partial charge in [-0.15, -0.1) is 5.10 Å². The number of anilines is 1. The van der Waals surface area contributed by atoms with Gasteiger partial charge in [0, 0.05) is 6.20 Å². The first-order chi connectivity index (χ1) is 11.2. The number of halogens is 1. The molecule has 3 aromatic rings. The number of carbonyl (C=O) groups excluding carboxylic acids is 1. The van der Waals surface area contributed by atoms with Crippen LogP contribution in [0.5, 0.6) is 0 Å². The molecule has 0 radical (unpaired) electrons. The quantitative estimate of drug-likeness (QED) is 0.683. The topological polar surface area (TPSA) is 91.6 Å². The minimum absolute atomic E-state index is 0.148. The van der Waals surface area contributed by atoms with Crippen molar-refractivity contribution in [1.29, 1.82) is 0 Å². The maximum absolute atomic E-state index is 12.1. The lowest BCUT2D eigenvalue weighted by Crippen LogP contribution is -2.34. The molecule has 0 aliphatic heterocycles. The summed E-state index contributed by atoms with van der Waals surface area (Å²) in [6.07, 6.45) is 1.59. The summed E-state index contributed by atoms with van der Waals surface area (Å²) >= 11 is 5.87. The Morgan fingerprint density at radius 2 is 2.04 bits per heavy atom. The molecule has 2 heterocycles. The Kier molecular flexibility index (Phi) is 4.40. The highest BCUT2D eigenvalue weighted by Crippen LogP contribution is 2.13. The van der Waals surface area contributed by atoms with Crippen molar-refractivity contribution in [3.63, 3.8) is 0 Å². The van der Waals surface area contributed by atoms with Crippen molar-refractivity contribution in [2.75, 3.05) is 11.9 Å². The van der Waals surface area contributed by atoms with E-state index < -0.39 is 12.1 Å². The van der Waals surface area contributed by atoms with Crippen LogP contribution in [0.1, 0.15) is 11.6 Å². The van der Waals surface area contributed by atoms with Gasteiger partial charge < -0.3 is 10.4 Å². The molecule has 0 unspecified atom stereocenters. The van der Waals surface area contributed by atoms with Crippen molar-refractivity contribution < 1.29 is 9.90 Å². The number of hydrogen-bond acceptors (Lipinski definition) is 4. The van der Waals surface area contributed by atoms with Gasteiger partial charge in [-0.05, 0) is 17.7 Å². The molecule has 1 aromatic carbocycles. The third-order valence-corrected chi connectivity index (χ3v) is 3.43. The minimum atomic E-state index is -0.511. The van der Waals surface area contributed by atoms with Gasteiger partial charge in [-0.2, -0.15) is 4.98 Å². The number of carbonyl (C=O) groups is 1. The maximum Gasteiger partial charge on any atom is 0.322 e. The lowest BCUT2D eigenvalue weighted by molar-refractivity contribution is 0.225. The van der Waals surface area contributed by atoms with E-state index in [2.05, 4.69) is 20.7 Å². The number of hydrogen-bond donors (Lipinski definition) is 3. The molecule has 2 amide bonds. The zero-order valence-electron chi connectivity index (χ0n) is 12.0. The summed E-state index contributed by atoms with van der Waals surface area (Å²) in [5.74, 6) is 0.148. The lowest BCUT2D eigenvalue weighted by Gasteiger charge is -2.16. The van der Waals surface area contributed by atoms with E-state index in [4.69, 9.17) is 11.6 Å². The minimum Gasteiger partial charge on any atom is -0.394 e.